The van der Waals surface area contributed by atoms with Crippen LogP contribution in [-0.4, -0.2) is 251 Å². The molecule has 25 heteroatoms. The molecule has 5 amide bonds. The van der Waals surface area contributed by atoms with Crippen LogP contribution in [0.5, 0.6) is 0 Å². The Morgan fingerprint density at radius 1 is 0.386 bits per heavy atom. The minimum absolute atomic E-state index is 0.0212. The van der Waals surface area contributed by atoms with Gasteiger partial charge in [0.05, 0.1) is 6.61 Å². The predicted octanol–water partition coefficient (Wildman–Crippen LogP) is 16.1. The van der Waals surface area contributed by atoms with Crippen LogP contribution in [0.25, 0.3) is 0 Å². The number of hydrogen-bond donors (Lipinski definition) is 2. The number of ether oxygens (including phenoxy) is 1. The Hall–Kier alpha value is -8.45. The van der Waals surface area contributed by atoms with E-state index in [1.807, 2.05) is 19.6 Å². The van der Waals surface area contributed by atoms with Crippen molar-refractivity contribution in [3.63, 3.8) is 0 Å². The molecule has 5 aromatic rings. The van der Waals surface area contributed by atoms with E-state index >= 15 is 0 Å². The number of ketones is 1. The number of piperidine rings is 4. The largest absolute Gasteiger partial charge is 0.383 e. The third kappa shape index (κ3) is 32.6. The van der Waals surface area contributed by atoms with Gasteiger partial charge in [-0.3, -0.25) is 28.8 Å². The summed E-state index contributed by atoms with van der Waals surface area (Å²) in [4.78, 5) is 122. The molecule has 25 nitrogen and oxygen atoms in total. The second kappa shape index (κ2) is 46.9. The fourth-order valence-electron chi connectivity index (χ4n) is 18.3. The number of carbonyl (C=O) groups is 6. The first-order valence-electron chi connectivity index (χ1n) is 48.3. The Morgan fingerprint density at radius 2 is 0.756 bits per heavy atom. The van der Waals surface area contributed by atoms with Crippen molar-refractivity contribution < 1.29 is 33.5 Å². The smallest absolute Gasteiger partial charge is 0.225 e. The standard InChI is InChI=1S/C22H35N5O2.C21H35N5O.C21H35N3O2.C21H33N3O.C17H26N2O/c1-16(28)25-8-6-19(7-9-25)23-20-14-18(22(3,4)5)15-21(24-20)27-12-10-26(11-13-27)17(2)29;1-16(27)25-8-6-18(7-9-25)22-19-14-17(21(2,3)4)15-20(23-19)26-12-10-24(5)11-13-26;1-16(25)24-9-7-17(8-10-24)13-19-14-18(21(2,3)4)15-20(22-19)23(5)11-12-26-6;1-21(2,3)19-14-18(22-15-23-19)13-16-7-9-17(10-8-16)20(25)24-11-5-4-6-12-24;1-12(20)14-7-5-13(6-8-14)9-15-10-16(17(2,3)4)19-11-18-15/h14-15,19H,6-13H2,1-5H3,(H,23,24);14-15,18H,6-13H2,1-5H3,(H,22,23);14-15,17H,7-13H2,1-6H3;14-17H,4-13H2,1-3H3;10-11,13-14H,5-9H2,1-4H3. The van der Waals surface area contributed by atoms with E-state index in [0.717, 1.165) is 278 Å². The summed E-state index contributed by atoms with van der Waals surface area (Å²) in [6.07, 6.45) is 24.9. The summed E-state index contributed by atoms with van der Waals surface area (Å²) in [6.45, 7) is 57.3. The number of hydrogen-bond acceptors (Lipinski definition) is 20. The van der Waals surface area contributed by atoms with Crippen LogP contribution in [0.3, 0.4) is 0 Å². The van der Waals surface area contributed by atoms with Crippen LogP contribution in [0.15, 0.2) is 61.2 Å². The Labute approximate surface area is 764 Å². The molecule has 2 aliphatic carbocycles. The Bertz CT molecular complexity index is 4310. The van der Waals surface area contributed by atoms with Crippen LogP contribution < -0.4 is 25.3 Å². The third-order valence-corrected chi connectivity index (χ3v) is 27.4. The van der Waals surface area contributed by atoms with Crippen LogP contribution in [0.4, 0.5) is 29.1 Å². The van der Waals surface area contributed by atoms with Gasteiger partial charge in [-0.15, -0.1) is 0 Å². The molecule has 8 fully saturated rings. The summed E-state index contributed by atoms with van der Waals surface area (Å²) in [7, 11) is 5.98. The number of methoxy groups -OCH3 is 1. The number of piperazine rings is 2. The summed E-state index contributed by atoms with van der Waals surface area (Å²) < 4.78 is 5.21. The molecule has 704 valence electrons. The summed E-state index contributed by atoms with van der Waals surface area (Å²) >= 11 is 0. The topological polar surface area (TPSA) is 255 Å². The molecule has 0 aromatic carbocycles. The molecule has 11 heterocycles. The normalized spacial score (nSPS) is 20.4. The van der Waals surface area contributed by atoms with Crippen molar-refractivity contribution in [2.24, 2.45) is 29.6 Å². The third-order valence-electron chi connectivity index (χ3n) is 27.4. The van der Waals surface area contributed by atoms with Gasteiger partial charge in [-0.2, -0.15) is 0 Å². The Kier molecular flexibility index (Phi) is 37.8. The molecule has 0 spiro atoms. The Balaban J connectivity index is 0.000000180. The van der Waals surface area contributed by atoms with Gasteiger partial charge in [0, 0.05) is 216 Å². The van der Waals surface area contributed by atoms with Crippen molar-refractivity contribution in [2.45, 2.75) is 306 Å². The zero-order valence-electron chi connectivity index (χ0n) is 82.7. The van der Waals surface area contributed by atoms with Gasteiger partial charge >= 0.3 is 0 Å². The maximum Gasteiger partial charge on any atom is 0.225 e. The number of likely N-dealkylation sites (tertiary alicyclic amines) is 4. The zero-order chi connectivity index (χ0) is 92.7. The van der Waals surface area contributed by atoms with Gasteiger partial charge in [0.2, 0.25) is 29.5 Å². The quantitative estimate of drug-likeness (QED) is 0.0826. The van der Waals surface area contributed by atoms with E-state index in [1.165, 1.54) is 36.0 Å². The fraction of sp³-hybridized carbons (Fsp3) is 0.716. The van der Waals surface area contributed by atoms with Crippen molar-refractivity contribution in [3.8, 4) is 0 Å². The van der Waals surface area contributed by atoms with Gasteiger partial charge in [0.1, 0.15) is 47.5 Å². The number of pyridine rings is 3. The molecule has 2 saturated carbocycles. The van der Waals surface area contributed by atoms with Crippen LogP contribution >= 0.6 is 0 Å². The number of aromatic nitrogens is 7. The highest BCUT2D eigenvalue weighted by Crippen LogP contribution is 2.38. The van der Waals surface area contributed by atoms with E-state index in [1.54, 1.807) is 54.4 Å². The van der Waals surface area contributed by atoms with Crippen LogP contribution in [-0.2, 0) is 79.8 Å². The molecule has 6 saturated heterocycles. The number of carbonyl (C=O) groups excluding carboxylic acids is 6. The van der Waals surface area contributed by atoms with Crippen molar-refractivity contribution >= 4 is 64.4 Å². The van der Waals surface area contributed by atoms with Crippen LogP contribution in [0.2, 0.25) is 0 Å². The minimum Gasteiger partial charge on any atom is -0.383 e. The van der Waals surface area contributed by atoms with E-state index in [-0.39, 0.29) is 56.6 Å². The lowest BCUT2D eigenvalue weighted by Crippen LogP contribution is -2.48. The summed E-state index contributed by atoms with van der Waals surface area (Å²) in [6, 6.07) is 18.3. The highest BCUT2D eigenvalue weighted by atomic mass is 16.5. The zero-order valence-corrected chi connectivity index (χ0v) is 82.7. The minimum atomic E-state index is 0.0212. The molecule has 6 aliphatic heterocycles. The molecular formula is C102H164N18O7. The molecule has 5 aromatic heterocycles. The van der Waals surface area contributed by atoms with Gasteiger partial charge in [-0.1, -0.05) is 104 Å². The number of nitrogens with one attached hydrogen (secondary N) is 2. The lowest BCUT2D eigenvalue weighted by Gasteiger charge is -2.36. The molecule has 13 rings (SSSR count). The lowest BCUT2D eigenvalue weighted by atomic mass is 9.78. The number of amides is 5. The SMILES string of the molecule is CC(=O)C1CCC(Cc2cc(C(C)(C)C)ncn2)CC1.CC(=O)N1CCC(Nc2cc(C(C)(C)C)cc(N3CCN(C(C)=O)CC3)n2)CC1.CC(=O)N1CCC(Nc2cc(C(C)(C)C)cc(N3CCN(C)CC3)n2)CC1.CC(C)(C)c1cc(CC2CCC(C(=O)N3CCCCC3)CC2)ncn1.COCCN(C)c1cc(C(C)(C)C)cc(CC2CCN(C(C)=O)CC2)n1. The van der Waals surface area contributed by atoms with Crippen LogP contribution in [0, 0.1) is 29.6 Å². The first-order valence-corrected chi connectivity index (χ1v) is 48.3. The molecular weight excluding hydrogens is 1590 g/mol. The second-order valence-corrected chi connectivity index (χ2v) is 43.0. The Morgan fingerprint density at radius 3 is 1.14 bits per heavy atom. The van der Waals surface area contributed by atoms with Crippen molar-refractivity contribution in [3.05, 3.63) is 106 Å². The van der Waals surface area contributed by atoms with Gasteiger partial charge in [-0.05, 0) is 242 Å². The molecule has 0 atom stereocenters. The van der Waals surface area contributed by atoms with Crippen molar-refractivity contribution in [2.75, 3.05) is 164 Å². The van der Waals surface area contributed by atoms with Gasteiger partial charge in [0.15, 0.2) is 0 Å². The molecule has 2 N–H and O–H groups in total. The second-order valence-electron chi connectivity index (χ2n) is 43.0. The lowest BCUT2D eigenvalue weighted by molar-refractivity contribution is -0.138. The highest BCUT2D eigenvalue weighted by molar-refractivity contribution is 5.79. The first kappa shape index (κ1) is 102. The number of nitrogens with zero attached hydrogens (tertiary/aromatic N) is 16. The number of rotatable bonds is 18. The molecule has 0 unspecified atom stereocenters. The van der Waals surface area contributed by atoms with E-state index in [0.29, 0.717) is 54.1 Å². The van der Waals surface area contributed by atoms with E-state index in [4.69, 9.17) is 19.7 Å². The number of anilines is 5. The molecule has 8 aliphatic rings. The highest BCUT2D eigenvalue weighted by Gasteiger charge is 2.34. The first-order chi connectivity index (χ1) is 59.8. The molecule has 0 radical (unpaired) electrons. The number of likely N-dealkylation sites (N-methyl/N-ethyl adjacent to an activating group) is 2. The summed E-state index contributed by atoms with van der Waals surface area (Å²) in [5.41, 5.74) is 9.92. The maximum atomic E-state index is 12.7. The maximum absolute atomic E-state index is 12.7. The van der Waals surface area contributed by atoms with Gasteiger partial charge < -0.3 is 59.5 Å². The van der Waals surface area contributed by atoms with Crippen molar-refractivity contribution in [1.82, 2.24) is 64.3 Å². The summed E-state index contributed by atoms with van der Waals surface area (Å²) in [5.74, 6) is 8.92. The average Bonchev–Trinajstić information content (AvgIpc) is 0.807. The summed E-state index contributed by atoms with van der Waals surface area (Å²) in [5, 5.41) is 7.27. The molecule has 127 heavy (non-hydrogen) atoms. The fourth-order valence-corrected chi connectivity index (χ4v) is 18.3. The van der Waals surface area contributed by atoms with Crippen molar-refractivity contribution in [1.29, 1.82) is 0 Å². The van der Waals surface area contributed by atoms with Gasteiger partial charge in [0.25, 0.3) is 0 Å². The van der Waals surface area contributed by atoms with E-state index < -0.39 is 0 Å². The molecule has 0 bridgehead atoms. The van der Waals surface area contributed by atoms with Crippen LogP contribution in [0.1, 0.15) is 293 Å². The number of Topliss-reactive ketones (excluding diaryl/α,β-unsaturated/α-hetero) is 1. The monoisotopic (exact) mass is 1750 g/mol. The predicted molar refractivity (Wildman–Crippen MR) is 515 cm³/mol. The van der Waals surface area contributed by atoms with E-state index in [2.05, 4.69) is 222 Å². The average molecular weight is 1750 g/mol. The van der Waals surface area contributed by atoms with Gasteiger partial charge in [-0.25, -0.2) is 34.9 Å². The van der Waals surface area contributed by atoms with E-state index in [9.17, 15) is 28.8 Å².